The van der Waals surface area contributed by atoms with E-state index >= 15 is 0 Å². The number of hydrogen-bond donors (Lipinski definition) is 1. The van der Waals surface area contributed by atoms with E-state index in [1.54, 1.807) is 12.1 Å². The van der Waals surface area contributed by atoms with Crippen molar-refractivity contribution in [3.05, 3.63) is 35.4 Å². The highest BCUT2D eigenvalue weighted by Gasteiger charge is 2.43. The van der Waals surface area contributed by atoms with Gasteiger partial charge < -0.3 is 9.84 Å². The van der Waals surface area contributed by atoms with Gasteiger partial charge >= 0.3 is 0 Å². The molecule has 0 fully saturated rings. The van der Waals surface area contributed by atoms with Gasteiger partial charge in [-0.05, 0) is 38.0 Å². The summed E-state index contributed by atoms with van der Waals surface area (Å²) in [7, 11) is 0. The minimum atomic E-state index is -0.471. The fourth-order valence-corrected chi connectivity index (χ4v) is 2.45. The smallest absolute Gasteiger partial charge is 0.196 e. The number of Topliss-reactive ketones (excluding diaryl/α,β-unsaturated/α-hetero) is 1. The second kappa shape index (κ2) is 2.88. The third-order valence-corrected chi connectivity index (χ3v) is 3.33. The second-order valence-electron chi connectivity index (χ2n) is 4.50. The number of aromatic hydroxyl groups is 1. The lowest BCUT2D eigenvalue weighted by molar-refractivity contribution is 0.0814. The summed E-state index contributed by atoms with van der Waals surface area (Å²) < 4.78 is 5.87. The molecule has 0 saturated heterocycles. The molecule has 1 aromatic rings. The molecule has 0 bridgehead atoms. The fourth-order valence-electron chi connectivity index (χ4n) is 2.45. The zero-order valence-electron chi connectivity index (χ0n) is 8.99. The van der Waals surface area contributed by atoms with Crippen molar-refractivity contribution in [2.24, 2.45) is 0 Å². The van der Waals surface area contributed by atoms with Crippen LogP contribution in [0, 0.1) is 0 Å². The van der Waals surface area contributed by atoms with E-state index in [9.17, 15) is 9.90 Å². The summed E-state index contributed by atoms with van der Waals surface area (Å²) in [4.78, 5) is 12.2. The van der Waals surface area contributed by atoms with E-state index in [0.717, 1.165) is 18.4 Å². The topological polar surface area (TPSA) is 46.5 Å². The molecule has 1 unspecified atom stereocenters. The van der Waals surface area contributed by atoms with Gasteiger partial charge in [-0.2, -0.15) is 0 Å². The Morgan fingerprint density at radius 2 is 2.25 bits per heavy atom. The number of hydrogen-bond acceptors (Lipinski definition) is 3. The number of rotatable bonds is 0. The van der Waals surface area contributed by atoms with Gasteiger partial charge in [0, 0.05) is 5.57 Å². The summed E-state index contributed by atoms with van der Waals surface area (Å²) in [6.45, 7) is 1.94. The summed E-state index contributed by atoms with van der Waals surface area (Å²) >= 11 is 0. The van der Waals surface area contributed by atoms with Crippen LogP contribution in [0.2, 0.25) is 0 Å². The molecule has 0 amide bonds. The first kappa shape index (κ1) is 9.46. The van der Waals surface area contributed by atoms with Crippen molar-refractivity contribution in [3.8, 4) is 11.5 Å². The van der Waals surface area contributed by atoms with Gasteiger partial charge in [-0.25, -0.2) is 0 Å². The Labute approximate surface area is 93.4 Å². The van der Waals surface area contributed by atoms with Crippen LogP contribution in [0.1, 0.15) is 30.1 Å². The Hall–Kier alpha value is -1.77. The zero-order chi connectivity index (χ0) is 11.3. The molecule has 1 heterocycles. The van der Waals surface area contributed by atoms with Crippen LogP contribution in [-0.2, 0) is 0 Å². The average Bonchev–Trinajstić information content (AvgIpc) is 2.62. The van der Waals surface area contributed by atoms with E-state index in [1.165, 1.54) is 6.07 Å². The summed E-state index contributed by atoms with van der Waals surface area (Å²) in [5.74, 6) is 0.652. The number of phenols is 1. The molecular formula is C13H12O3. The molecule has 82 valence electrons. The molecule has 2 aliphatic rings. The van der Waals surface area contributed by atoms with Crippen LogP contribution >= 0.6 is 0 Å². The van der Waals surface area contributed by atoms with E-state index in [2.05, 4.69) is 0 Å². The van der Waals surface area contributed by atoms with Crippen LogP contribution in [0.15, 0.2) is 29.8 Å². The third kappa shape index (κ3) is 1.11. The number of ether oxygens (including phenoxy) is 1. The van der Waals surface area contributed by atoms with Crippen LogP contribution in [-0.4, -0.2) is 16.5 Å². The lowest BCUT2D eigenvalue weighted by atomic mass is 9.88. The van der Waals surface area contributed by atoms with E-state index < -0.39 is 5.60 Å². The number of carbonyl (C=O) groups excluding carboxylic acids is 1. The van der Waals surface area contributed by atoms with Gasteiger partial charge in [0.15, 0.2) is 5.78 Å². The minimum absolute atomic E-state index is 0.0165. The number of phenolic OH excluding ortho intramolecular Hbond substituents is 1. The first-order valence-corrected chi connectivity index (χ1v) is 5.37. The van der Waals surface area contributed by atoms with Crippen molar-refractivity contribution in [3.63, 3.8) is 0 Å². The predicted octanol–water partition coefficient (Wildman–Crippen LogP) is 2.45. The lowest BCUT2D eigenvalue weighted by Gasteiger charge is -2.33. The Morgan fingerprint density at radius 3 is 3.06 bits per heavy atom. The van der Waals surface area contributed by atoms with Crippen molar-refractivity contribution in [2.75, 3.05) is 0 Å². The van der Waals surface area contributed by atoms with Gasteiger partial charge in [-0.15, -0.1) is 0 Å². The highest BCUT2D eigenvalue weighted by Crippen LogP contribution is 2.43. The SMILES string of the molecule is CC12CCC=C1C(=O)c1cc(O)ccc1O2. The molecule has 3 rings (SSSR count). The lowest BCUT2D eigenvalue weighted by Crippen LogP contribution is -2.39. The van der Waals surface area contributed by atoms with Crippen molar-refractivity contribution >= 4 is 5.78 Å². The number of carbonyl (C=O) groups is 1. The summed E-state index contributed by atoms with van der Waals surface area (Å²) in [5, 5.41) is 9.38. The standard InChI is InChI=1S/C13H12O3/c1-13-6-2-3-10(13)12(15)9-7-8(14)4-5-11(9)16-13/h3-5,7,14H,2,6H2,1H3. The maximum absolute atomic E-state index is 12.2. The third-order valence-electron chi connectivity index (χ3n) is 3.33. The van der Waals surface area contributed by atoms with Crippen LogP contribution in [0.5, 0.6) is 11.5 Å². The molecule has 0 aromatic heterocycles. The molecular weight excluding hydrogens is 204 g/mol. The maximum atomic E-state index is 12.2. The molecule has 0 saturated carbocycles. The summed E-state index contributed by atoms with van der Waals surface area (Å²) in [5.41, 5.74) is 0.720. The normalized spacial score (nSPS) is 26.8. The van der Waals surface area contributed by atoms with E-state index in [4.69, 9.17) is 4.74 Å². The Balaban J connectivity index is 2.19. The van der Waals surface area contributed by atoms with Gasteiger partial charge in [-0.1, -0.05) is 6.08 Å². The van der Waals surface area contributed by atoms with Gasteiger partial charge in [0.05, 0.1) is 5.56 Å². The fraction of sp³-hybridized carbons (Fsp3) is 0.308. The van der Waals surface area contributed by atoms with Gasteiger partial charge in [0.25, 0.3) is 0 Å². The molecule has 0 spiro atoms. The highest BCUT2D eigenvalue weighted by molar-refractivity contribution is 6.13. The van der Waals surface area contributed by atoms with Crippen LogP contribution in [0.25, 0.3) is 0 Å². The number of benzene rings is 1. The molecule has 1 aliphatic heterocycles. The highest BCUT2D eigenvalue weighted by atomic mass is 16.5. The molecule has 1 aromatic carbocycles. The molecule has 1 aliphatic carbocycles. The monoisotopic (exact) mass is 216 g/mol. The first-order chi connectivity index (χ1) is 7.60. The van der Waals surface area contributed by atoms with Crippen molar-refractivity contribution in [2.45, 2.75) is 25.4 Å². The molecule has 1 atom stereocenters. The maximum Gasteiger partial charge on any atom is 0.196 e. The van der Waals surface area contributed by atoms with Crippen LogP contribution < -0.4 is 4.74 Å². The first-order valence-electron chi connectivity index (χ1n) is 5.37. The van der Waals surface area contributed by atoms with Gasteiger partial charge in [-0.3, -0.25) is 4.79 Å². The van der Waals surface area contributed by atoms with Crippen molar-refractivity contribution in [1.82, 2.24) is 0 Å². The van der Waals surface area contributed by atoms with E-state index in [1.807, 2.05) is 13.0 Å². The molecule has 1 N–H and O–H groups in total. The van der Waals surface area contributed by atoms with Crippen molar-refractivity contribution in [1.29, 1.82) is 0 Å². The summed E-state index contributed by atoms with van der Waals surface area (Å²) in [6.07, 6.45) is 3.65. The zero-order valence-corrected chi connectivity index (χ0v) is 8.99. The quantitative estimate of drug-likeness (QED) is 0.724. The minimum Gasteiger partial charge on any atom is -0.508 e. The van der Waals surface area contributed by atoms with E-state index in [-0.39, 0.29) is 11.5 Å². The molecule has 3 nitrogen and oxygen atoms in total. The largest absolute Gasteiger partial charge is 0.508 e. The molecule has 16 heavy (non-hydrogen) atoms. The number of fused-ring (bicyclic) bond motifs is 2. The van der Waals surface area contributed by atoms with Crippen LogP contribution in [0.4, 0.5) is 0 Å². The number of ketones is 1. The van der Waals surface area contributed by atoms with Gasteiger partial charge in [0.2, 0.25) is 0 Å². The van der Waals surface area contributed by atoms with Crippen LogP contribution in [0.3, 0.4) is 0 Å². The Morgan fingerprint density at radius 1 is 1.44 bits per heavy atom. The molecule has 0 radical (unpaired) electrons. The molecule has 3 heteroatoms. The predicted molar refractivity (Wildman–Crippen MR) is 58.8 cm³/mol. The Bertz CT molecular complexity index is 516. The summed E-state index contributed by atoms with van der Waals surface area (Å²) in [6, 6.07) is 4.67. The van der Waals surface area contributed by atoms with Crippen molar-refractivity contribution < 1.29 is 14.6 Å². The average molecular weight is 216 g/mol. The van der Waals surface area contributed by atoms with Gasteiger partial charge in [0.1, 0.15) is 17.1 Å². The second-order valence-corrected chi connectivity index (χ2v) is 4.50. The number of allylic oxidation sites excluding steroid dienone is 1. The van der Waals surface area contributed by atoms with E-state index in [0.29, 0.717) is 11.3 Å². The Kier molecular flexibility index (Phi) is 1.70.